The van der Waals surface area contributed by atoms with Crippen molar-refractivity contribution in [1.82, 2.24) is 9.62 Å². The van der Waals surface area contributed by atoms with Gasteiger partial charge in [-0.25, -0.2) is 13.2 Å². The predicted octanol–water partition coefficient (Wildman–Crippen LogP) is 2.11. The van der Waals surface area contributed by atoms with Crippen LogP contribution < -0.4 is 5.32 Å². The lowest BCUT2D eigenvalue weighted by molar-refractivity contribution is -0.125. The van der Waals surface area contributed by atoms with E-state index in [1.165, 1.54) is 30.0 Å². The van der Waals surface area contributed by atoms with E-state index in [1.54, 1.807) is 12.1 Å². The molecule has 2 aliphatic heterocycles. The smallest absolute Gasteiger partial charge is 0.339 e. The van der Waals surface area contributed by atoms with Crippen LogP contribution in [0.15, 0.2) is 34.2 Å². The van der Waals surface area contributed by atoms with E-state index >= 15 is 0 Å². The van der Waals surface area contributed by atoms with Crippen LogP contribution in [0.5, 0.6) is 0 Å². The van der Waals surface area contributed by atoms with Gasteiger partial charge in [0, 0.05) is 19.0 Å². The number of esters is 1. The highest BCUT2D eigenvalue weighted by Crippen LogP contribution is 2.35. The minimum absolute atomic E-state index is 0.0106. The molecule has 0 bridgehead atoms. The summed E-state index contributed by atoms with van der Waals surface area (Å²) in [5.74, 6) is 0.275. The SMILES string of the molecule is COC(=O)c1ccccc1S(=O)(=O)N1CCC2(CC1)N=C(C1CCCCC1)NC2=O. The molecule has 1 saturated heterocycles. The number of carbonyl (C=O) groups excluding carboxylic acids is 2. The largest absolute Gasteiger partial charge is 0.465 e. The number of sulfonamides is 1. The second-order valence-corrected chi connectivity index (χ2v) is 10.1. The normalized spacial score (nSPS) is 22.6. The fraction of sp³-hybridized carbons (Fsp3) is 0.571. The maximum atomic E-state index is 13.2. The predicted molar refractivity (Wildman–Crippen MR) is 111 cm³/mol. The van der Waals surface area contributed by atoms with E-state index < -0.39 is 21.5 Å². The molecule has 30 heavy (non-hydrogen) atoms. The highest BCUT2D eigenvalue weighted by atomic mass is 32.2. The Balaban J connectivity index is 1.53. The maximum Gasteiger partial charge on any atom is 0.339 e. The molecule has 3 aliphatic rings. The maximum absolute atomic E-state index is 13.2. The van der Waals surface area contributed by atoms with Gasteiger partial charge in [0.15, 0.2) is 0 Å². The van der Waals surface area contributed by atoms with Gasteiger partial charge in [0.1, 0.15) is 11.4 Å². The van der Waals surface area contributed by atoms with E-state index in [-0.39, 0.29) is 29.5 Å². The average Bonchev–Trinajstić information content (AvgIpc) is 3.09. The van der Waals surface area contributed by atoms with Crippen LogP contribution in [-0.4, -0.2) is 56.2 Å². The van der Waals surface area contributed by atoms with Gasteiger partial charge in [-0.2, -0.15) is 4.31 Å². The number of hydrogen-bond donors (Lipinski definition) is 1. The summed E-state index contributed by atoms with van der Waals surface area (Å²) < 4.78 is 32.5. The van der Waals surface area contributed by atoms with Crippen molar-refractivity contribution >= 4 is 27.7 Å². The summed E-state index contributed by atoms with van der Waals surface area (Å²) in [6.07, 6.45) is 6.27. The third-order valence-corrected chi connectivity index (χ3v) is 8.41. The van der Waals surface area contributed by atoms with Crippen LogP contribution in [0.2, 0.25) is 0 Å². The highest BCUT2D eigenvalue weighted by molar-refractivity contribution is 7.89. The van der Waals surface area contributed by atoms with Crippen LogP contribution in [0.3, 0.4) is 0 Å². The van der Waals surface area contributed by atoms with E-state index in [4.69, 9.17) is 9.73 Å². The number of carbonyl (C=O) groups is 2. The zero-order valence-electron chi connectivity index (χ0n) is 17.1. The van der Waals surface area contributed by atoms with Gasteiger partial charge in [-0.15, -0.1) is 0 Å². The Morgan fingerprint density at radius 2 is 1.83 bits per heavy atom. The Hall–Kier alpha value is -2.26. The molecule has 1 spiro atoms. The molecule has 2 heterocycles. The van der Waals surface area contributed by atoms with Gasteiger partial charge in [-0.1, -0.05) is 31.4 Å². The number of nitrogens with one attached hydrogen (secondary N) is 1. The number of hydrogen-bond acceptors (Lipinski definition) is 6. The minimum Gasteiger partial charge on any atom is -0.465 e. The van der Waals surface area contributed by atoms with Crippen molar-refractivity contribution < 1.29 is 22.7 Å². The van der Waals surface area contributed by atoms with Crippen LogP contribution in [0.4, 0.5) is 0 Å². The highest BCUT2D eigenvalue weighted by Gasteiger charge is 2.48. The Kier molecular flexibility index (Phi) is 5.67. The van der Waals surface area contributed by atoms with Crippen molar-refractivity contribution in [2.45, 2.75) is 55.4 Å². The Morgan fingerprint density at radius 3 is 2.50 bits per heavy atom. The minimum atomic E-state index is -3.89. The summed E-state index contributed by atoms with van der Waals surface area (Å²) in [5.41, 5.74) is -0.864. The number of ether oxygens (including phenoxy) is 1. The number of benzene rings is 1. The van der Waals surface area contributed by atoms with Gasteiger partial charge < -0.3 is 10.1 Å². The molecule has 1 aromatic carbocycles. The first kappa shape index (κ1) is 21.0. The van der Waals surface area contributed by atoms with E-state index in [9.17, 15) is 18.0 Å². The van der Waals surface area contributed by atoms with E-state index in [1.807, 2.05) is 0 Å². The van der Waals surface area contributed by atoms with Crippen LogP contribution in [0.1, 0.15) is 55.3 Å². The van der Waals surface area contributed by atoms with Crippen LogP contribution >= 0.6 is 0 Å². The molecule has 1 saturated carbocycles. The summed E-state index contributed by atoms with van der Waals surface area (Å²) in [7, 11) is -2.67. The molecule has 0 unspecified atom stereocenters. The molecule has 1 amide bonds. The zero-order chi connectivity index (χ0) is 21.4. The monoisotopic (exact) mass is 433 g/mol. The first-order valence-corrected chi connectivity index (χ1v) is 11.9. The summed E-state index contributed by atoms with van der Waals surface area (Å²) in [6, 6.07) is 6.03. The molecule has 0 aromatic heterocycles. The average molecular weight is 434 g/mol. The van der Waals surface area contributed by atoms with Crippen molar-refractivity contribution in [2.24, 2.45) is 10.9 Å². The quantitative estimate of drug-likeness (QED) is 0.732. The number of piperidine rings is 1. The molecule has 0 radical (unpaired) electrons. The van der Waals surface area contributed by atoms with Crippen LogP contribution in [0, 0.1) is 5.92 Å². The third kappa shape index (κ3) is 3.65. The number of aliphatic imine (C=N–C) groups is 1. The Bertz CT molecular complexity index is 974. The molecule has 0 atom stereocenters. The zero-order valence-corrected chi connectivity index (χ0v) is 17.9. The van der Waals surface area contributed by atoms with Crippen molar-refractivity contribution in [2.75, 3.05) is 20.2 Å². The van der Waals surface area contributed by atoms with Gasteiger partial charge in [-0.3, -0.25) is 9.79 Å². The molecule has 9 heteroatoms. The van der Waals surface area contributed by atoms with E-state index in [0.29, 0.717) is 18.8 Å². The molecular weight excluding hydrogens is 406 g/mol. The van der Waals surface area contributed by atoms with Crippen molar-refractivity contribution in [3.8, 4) is 0 Å². The second-order valence-electron chi connectivity index (χ2n) is 8.21. The fourth-order valence-corrected chi connectivity index (χ4v) is 6.28. The molecule has 1 aliphatic carbocycles. The lowest BCUT2D eigenvalue weighted by atomic mass is 9.88. The molecule has 1 aromatic rings. The Morgan fingerprint density at radius 1 is 1.17 bits per heavy atom. The number of methoxy groups -OCH3 is 1. The van der Waals surface area contributed by atoms with Crippen LogP contribution in [0.25, 0.3) is 0 Å². The van der Waals surface area contributed by atoms with E-state index in [2.05, 4.69) is 5.32 Å². The summed E-state index contributed by atoms with van der Waals surface area (Å²) in [5, 5.41) is 2.98. The molecule has 8 nitrogen and oxygen atoms in total. The first-order valence-electron chi connectivity index (χ1n) is 10.5. The standard InChI is InChI=1S/C21H27N3O5S/c1-29-19(25)16-9-5-6-10-17(16)30(27,28)24-13-11-21(12-14-24)20(26)22-18(23-21)15-7-3-2-4-8-15/h5-6,9-10,15H,2-4,7-8,11-14H2,1H3,(H,22,23,26). The topological polar surface area (TPSA) is 105 Å². The van der Waals surface area contributed by atoms with Gasteiger partial charge in [0.05, 0.1) is 17.6 Å². The summed E-state index contributed by atoms with van der Waals surface area (Å²) in [6.45, 7) is 0.347. The number of amides is 1. The number of nitrogens with zero attached hydrogens (tertiary/aromatic N) is 2. The molecule has 1 N–H and O–H groups in total. The number of rotatable bonds is 4. The van der Waals surface area contributed by atoms with Crippen molar-refractivity contribution in [1.29, 1.82) is 0 Å². The van der Waals surface area contributed by atoms with Gasteiger partial charge in [-0.05, 0) is 37.8 Å². The van der Waals surface area contributed by atoms with Gasteiger partial charge >= 0.3 is 5.97 Å². The van der Waals surface area contributed by atoms with E-state index in [0.717, 1.165) is 31.5 Å². The lowest BCUT2D eigenvalue weighted by Crippen LogP contribution is -2.50. The van der Waals surface area contributed by atoms with Crippen molar-refractivity contribution in [3.05, 3.63) is 29.8 Å². The summed E-state index contributed by atoms with van der Waals surface area (Å²) in [4.78, 5) is 29.5. The number of amidine groups is 1. The van der Waals surface area contributed by atoms with Gasteiger partial charge in [0.2, 0.25) is 10.0 Å². The fourth-order valence-electron chi connectivity index (χ4n) is 4.66. The Labute approximate surface area is 176 Å². The van der Waals surface area contributed by atoms with Gasteiger partial charge in [0.25, 0.3) is 5.91 Å². The summed E-state index contributed by atoms with van der Waals surface area (Å²) >= 11 is 0. The molecule has 2 fully saturated rings. The molecule has 4 rings (SSSR count). The second kappa shape index (κ2) is 8.11. The third-order valence-electron chi connectivity index (χ3n) is 6.45. The lowest BCUT2D eigenvalue weighted by Gasteiger charge is -2.35. The molecule has 162 valence electrons. The molecular formula is C21H27N3O5S. The first-order chi connectivity index (χ1) is 14.4. The van der Waals surface area contributed by atoms with Crippen molar-refractivity contribution in [3.63, 3.8) is 0 Å². The van der Waals surface area contributed by atoms with Crippen LogP contribution in [-0.2, 0) is 19.6 Å².